The van der Waals surface area contributed by atoms with Gasteiger partial charge in [0.1, 0.15) is 5.60 Å². The number of nitrogens with one attached hydrogen (secondary N) is 1. The molecule has 0 aromatic carbocycles. The zero-order valence-corrected chi connectivity index (χ0v) is 11.7. The van der Waals surface area contributed by atoms with Gasteiger partial charge in [-0.3, -0.25) is 0 Å². The maximum Gasteiger partial charge on any atom is 0.410 e. The molecular formula is C13H26N2O2. The normalized spacial score (nSPS) is 22.6. The highest BCUT2D eigenvalue weighted by Gasteiger charge is 2.31. The number of carbonyl (C=O) groups excluding carboxylic acids is 1. The van der Waals surface area contributed by atoms with Crippen molar-refractivity contribution in [2.45, 2.75) is 39.7 Å². The van der Waals surface area contributed by atoms with Gasteiger partial charge in [0, 0.05) is 13.1 Å². The molecule has 1 fully saturated rings. The third-order valence-corrected chi connectivity index (χ3v) is 3.21. The Kier molecular flexibility index (Phi) is 4.80. The van der Waals surface area contributed by atoms with Crippen LogP contribution >= 0.6 is 0 Å². The van der Waals surface area contributed by atoms with Crippen LogP contribution in [0.25, 0.3) is 0 Å². The van der Waals surface area contributed by atoms with E-state index in [4.69, 9.17) is 4.74 Å². The maximum atomic E-state index is 11.9. The lowest BCUT2D eigenvalue weighted by Crippen LogP contribution is -2.36. The first-order chi connectivity index (χ1) is 7.83. The van der Waals surface area contributed by atoms with Crippen molar-refractivity contribution in [2.75, 3.05) is 26.7 Å². The molecule has 100 valence electrons. The van der Waals surface area contributed by atoms with Gasteiger partial charge in [-0.1, -0.05) is 6.92 Å². The van der Waals surface area contributed by atoms with Crippen LogP contribution in [0.5, 0.6) is 0 Å². The number of likely N-dealkylation sites (tertiary alicyclic amines) is 1. The highest BCUT2D eigenvalue weighted by atomic mass is 16.6. The minimum absolute atomic E-state index is 0.170. The van der Waals surface area contributed by atoms with Crippen LogP contribution < -0.4 is 5.32 Å². The van der Waals surface area contributed by atoms with Crippen LogP contribution in [-0.2, 0) is 4.74 Å². The monoisotopic (exact) mass is 242 g/mol. The zero-order valence-electron chi connectivity index (χ0n) is 11.7. The lowest BCUT2D eigenvalue weighted by Gasteiger charge is -2.25. The number of carbonyl (C=O) groups is 1. The molecule has 0 aromatic rings. The van der Waals surface area contributed by atoms with Crippen molar-refractivity contribution < 1.29 is 9.53 Å². The summed E-state index contributed by atoms with van der Waals surface area (Å²) in [5, 5.41) is 3.19. The third kappa shape index (κ3) is 4.54. The van der Waals surface area contributed by atoms with E-state index in [1.807, 2.05) is 32.7 Å². The van der Waals surface area contributed by atoms with Crippen LogP contribution in [-0.4, -0.2) is 43.3 Å². The molecule has 0 saturated carbocycles. The molecule has 2 unspecified atom stereocenters. The van der Waals surface area contributed by atoms with Gasteiger partial charge in [0.15, 0.2) is 0 Å². The lowest BCUT2D eigenvalue weighted by atomic mass is 9.93. The summed E-state index contributed by atoms with van der Waals surface area (Å²) in [6, 6.07) is 0. The van der Waals surface area contributed by atoms with Crippen LogP contribution in [0, 0.1) is 11.8 Å². The molecule has 0 aliphatic carbocycles. The minimum atomic E-state index is -0.397. The quantitative estimate of drug-likeness (QED) is 0.824. The van der Waals surface area contributed by atoms with Gasteiger partial charge in [-0.2, -0.15) is 0 Å². The fraction of sp³-hybridized carbons (Fsp3) is 0.923. The Hall–Kier alpha value is -0.770. The van der Waals surface area contributed by atoms with E-state index in [9.17, 15) is 4.79 Å². The van der Waals surface area contributed by atoms with E-state index in [0.29, 0.717) is 11.8 Å². The summed E-state index contributed by atoms with van der Waals surface area (Å²) in [6.07, 6.45) is 0.916. The summed E-state index contributed by atoms with van der Waals surface area (Å²) in [5.74, 6) is 1.20. The summed E-state index contributed by atoms with van der Waals surface area (Å²) >= 11 is 0. The topological polar surface area (TPSA) is 41.6 Å². The van der Waals surface area contributed by atoms with Gasteiger partial charge >= 0.3 is 6.09 Å². The van der Waals surface area contributed by atoms with Crippen LogP contribution in [0.3, 0.4) is 0 Å². The van der Waals surface area contributed by atoms with E-state index in [1.54, 1.807) is 0 Å². The second-order valence-corrected chi connectivity index (χ2v) is 6.01. The smallest absolute Gasteiger partial charge is 0.410 e. The Labute approximate surface area is 105 Å². The molecule has 1 aliphatic heterocycles. The molecule has 0 bridgehead atoms. The van der Waals surface area contributed by atoms with Gasteiger partial charge in [-0.25, -0.2) is 4.79 Å². The fourth-order valence-corrected chi connectivity index (χ4v) is 2.23. The summed E-state index contributed by atoms with van der Waals surface area (Å²) in [4.78, 5) is 13.7. The molecule has 1 saturated heterocycles. The SMILES string of the molecule is CNCC(C)C1CCN(C(=O)OC(C)(C)C)C1. The molecule has 0 aromatic heterocycles. The largest absolute Gasteiger partial charge is 0.444 e. The number of amides is 1. The Morgan fingerprint density at radius 3 is 2.71 bits per heavy atom. The molecule has 1 aliphatic rings. The first kappa shape index (κ1) is 14.3. The van der Waals surface area contributed by atoms with E-state index in [0.717, 1.165) is 26.1 Å². The Bertz CT molecular complexity index is 261. The lowest BCUT2D eigenvalue weighted by molar-refractivity contribution is 0.0284. The van der Waals surface area contributed by atoms with Crippen molar-refractivity contribution in [3.05, 3.63) is 0 Å². The van der Waals surface area contributed by atoms with Crippen molar-refractivity contribution in [3.8, 4) is 0 Å². The minimum Gasteiger partial charge on any atom is -0.444 e. The van der Waals surface area contributed by atoms with E-state index < -0.39 is 5.60 Å². The highest BCUT2D eigenvalue weighted by Crippen LogP contribution is 2.25. The maximum absolute atomic E-state index is 11.9. The van der Waals surface area contributed by atoms with Crippen molar-refractivity contribution in [2.24, 2.45) is 11.8 Å². The van der Waals surface area contributed by atoms with Crippen molar-refractivity contribution in [1.82, 2.24) is 10.2 Å². The van der Waals surface area contributed by atoms with E-state index in [1.165, 1.54) is 0 Å². The van der Waals surface area contributed by atoms with Gasteiger partial charge in [-0.15, -0.1) is 0 Å². The second-order valence-electron chi connectivity index (χ2n) is 6.01. The second kappa shape index (κ2) is 5.71. The summed E-state index contributed by atoms with van der Waals surface area (Å²) < 4.78 is 5.38. The predicted molar refractivity (Wildman–Crippen MR) is 69.0 cm³/mol. The average molecular weight is 242 g/mol. The molecule has 1 amide bonds. The first-order valence-corrected chi connectivity index (χ1v) is 6.46. The molecule has 4 nitrogen and oxygen atoms in total. The van der Waals surface area contributed by atoms with Crippen LogP contribution in [0.4, 0.5) is 4.79 Å². The molecule has 0 spiro atoms. The summed E-state index contributed by atoms with van der Waals surface area (Å²) in [5.41, 5.74) is -0.397. The molecule has 4 heteroatoms. The van der Waals surface area contributed by atoms with Crippen molar-refractivity contribution in [3.63, 3.8) is 0 Å². The molecular weight excluding hydrogens is 216 g/mol. The van der Waals surface area contributed by atoms with Crippen LogP contribution in [0.15, 0.2) is 0 Å². The number of nitrogens with zero attached hydrogens (tertiary/aromatic N) is 1. The van der Waals surface area contributed by atoms with Crippen LogP contribution in [0.1, 0.15) is 34.1 Å². The summed E-state index contributed by atoms with van der Waals surface area (Å²) in [6.45, 7) is 10.6. The third-order valence-electron chi connectivity index (χ3n) is 3.21. The predicted octanol–water partition coefficient (Wildman–Crippen LogP) is 2.10. The molecule has 1 heterocycles. The average Bonchev–Trinajstić information content (AvgIpc) is 2.63. The highest BCUT2D eigenvalue weighted by molar-refractivity contribution is 5.68. The van der Waals surface area contributed by atoms with E-state index in [-0.39, 0.29) is 6.09 Å². The molecule has 1 N–H and O–H groups in total. The fourth-order valence-electron chi connectivity index (χ4n) is 2.23. The zero-order chi connectivity index (χ0) is 13.1. The van der Waals surface area contributed by atoms with Crippen molar-refractivity contribution in [1.29, 1.82) is 0 Å². The number of rotatable bonds is 3. The first-order valence-electron chi connectivity index (χ1n) is 6.46. The molecule has 2 atom stereocenters. The van der Waals surface area contributed by atoms with Crippen LogP contribution in [0.2, 0.25) is 0 Å². The van der Waals surface area contributed by atoms with Gasteiger partial charge in [0.25, 0.3) is 0 Å². The number of hydrogen-bond acceptors (Lipinski definition) is 3. The number of ether oxygens (including phenoxy) is 1. The Balaban J connectivity index is 2.42. The summed E-state index contributed by atoms with van der Waals surface area (Å²) in [7, 11) is 1.97. The Morgan fingerprint density at radius 1 is 1.53 bits per heavy atom. The standard InChI is InChI=1S/C13H26N2O2/c1-10(8-14-5)11-6-7-15(9-11)12(16)17-13(2,3)4/h10-11,14H,6-9H2,1-5H3. The van der Waals surface area contributed by atoms with E-state index >= 15 is 0 Å². The van der Waals surface area contributed by atoms with Crippen molar-refractivity contribution >= 4 is 6.09 Å². The van der Waals surface area contributed by atoms with Gasteiger partial charge < -0.3 is 15.0 Å². The number of hydrogen-bond donors (Lipinski definition) is 1. The Morgan fingerprint density at radius 2 is 2.18 bits per heavy atom. The van der Waals surface area contributed by atoms with Gasteiger partial charge in [-0.05, 0) is 52.6 Å². The molecule has 17 heavy (non-hydrogen) atoms. The van der Waals surface area contributed by atoms with E-state index in [2.05, 4.69) is 12.2 Å². The molecule has 1 rings (SSSR count). The molecule has 0 radical (unpaired) electrons. The van der Waals surface area contributed by atoms with Gasteiger partial charge in [0.05, 0.1) is 0 Å². The van der Waals surface area contributed by atoms with Gasteiger partial charge in [0.2, 0.25) is 0 Å².